The van der Waals surface area contributed by atoms with Crippen molar-refractivity contribution in [3.8, 4) is 23.3 Å². The molecular formula is C21H12ClN5O4. The summed E-state index contributed by atoms with van der Waals surface area (Å²) in [6.45, 7) is 0. The van der Waals surface area contributed by atoms with E-state index in [-0.39, 0.29) is 33.8 Å². The van der Waals surface area contributed by atoms with Crippen molar-refractivity contribution >= 4 is 39.8 Å². The van der Waals surface area contributed by atoms with E-state index in [1.807, 2.05) is 0 Å². The average Bonchev–Trinajstić information content (AvgIpc) is 3.05. The van der Waals surface area contributed by atoms with Crippen LogP contribution in [-0.2, 0) is 0 Å². The van der Waals surface area contributed by atoms with Gasteiger partial charge in [0.1, 0.15) is 16.7 Å². The van der Waals surface area contributed by atoms with Crippen LogP contribution in [-0.4, -0.2) is 35.8 Å². The molecule has 1 N–H and O–H groups in total. The van der Waals surface area contributed by atoms with E-state index >= 15 is 0 Å². The summed E-state index contributed by atoms with van der Waals surface area (Å²) in [5.41, 5.74) is 0.637. The van der Waals surface area contributed by atoms with Crippen molar-refractivity contribution in [3.63, 3.8) is 0 Å². The summed E-state index contributed by atoms with van der Waals surface area (Å²) in [6.07, 6.45) is 1.81. The second-order valence-electron chi connectivity index (χ2n) is 6.34. The number of para-hydroxylation sites is 1. The van der Waals surface area contributed by atoms with Gasteiger partial charge in [-0.1, -0.05) is 29.8 Å². The first-order chi connectivity index (χ1) is 15.1. The fourth-order valence-corrected chi connectivity index (χ4v) is 3.19. The second-order valence-corrected chi connectivity index (χ2v) is 6.72. The molecule has 4 heterocycles. The Labute approximate surface area is 179 Å². The number of aromatic hydroxyl groups is 1. The largest absolute Gasteiger partial charge is 0.520 e. The molecule has 0 aliphatic rings. The lowest BCUT2D eigenvalue weighted by molar-refractivity contribution is 0.149. The van der Waals surface area contributed by atoms with Gasteiger partial charge in [-0.25, -0.2) is 29.3 Å². The number of benzene rings is 1. The number of rotatable bonds is 3. The van der Waals surface area contributed by atoms with Gasteiger partial charge in [-0.05, 0) is 36.4 Å². The van der Waals surface area contributed by atoms with Crippen molar-refractivity contribution < 1.29 is 19.4 Å². The minimum atomic E-state index is -1.01. The van der Waals surface area contributed by atoms with E-state index < -0.39 is 6.16 Å². The van der Waals surface area contributed by atoms with Crippen molar-refractivity contribution in [1.29, 1.82) is 0 Å². The SMILES string of the molecule is O=C(Oc1ccccc1)Oc1c2nccnc2c(O)n1-c1ccc2ccc(Cl)nc2n1. The lowest BCUT2D eigenvalue weighted by atomic mass is 10.3. The molecule has 0 atom stereocenters. The van der Waals surface area contributed by atoms with Crippen molar-refractivity contribution in [2.75, 3.05) is 0 Å². The molecule has 1 aromatic carbocycles. The van der Waals surface area contributed by atoms with Crippen LogP contribution in [0.1, 0.15) is 0 Å². The van der Waals surface area contributed by atoms with Gasteiger partial charge in [0.25, 0.3) is 0 Å². The van der Waals surface area contributed by atoms with Crippen molar-refractivity contribution in [1.82, 2.24) is 24.5 Å². The van der Waals surface area contributed by atoms with Gasteiger partial charge >= 0.3 is 6.16 Å². The summed E-state index contributed by atoms with van der Waals surface area (Å²) in [6, 6.07) is 15.2. The van der Waals surface area contributed by atoms with Gasteiger partial charge in [-0.3, -0.25) is 0 Å². The monoisotopic (exact) mass is 433 g/mol. The first kappa shape index (κ1) is 18.8. The Balaban J connectivity index is 1.62. The topological polar surface area (TPSA) is 112 Å². The molecule has 31 heavy (non-hydrogen) atoms. The Hall–Kier alpha value is -4.24. The number of ether oxygens (including phenoxy) is 2. The van der Waals surface area contributed by atoms with E-state index in [2.05, 4.69) is 19.9 Å². The van der Waals surface area contributed by atoms with Crippen LogP contribution in [0.5, 0.6) is 17.5 Å². The fraction of sp³-hybridized carbons (Fsp3) is 0. The number of aromatic nitrogens is 5. The van der Waals surface area contributed by atoms with Gasteiger partial charge in [0, 0.05) is 17.8 Å². The maximum absolute atomic E-state index is 12.4. The highest BCUT2D eigenvalue weighted by atomic mass is 35.5. The Morgan fingerprint density at radius 3 is 2.45 bits per heavy atom. The minimum absolute atomic E-state index is 0.101. The van der Waals surface area contributed by atoms with E-state index in [1.165, 1.54) is 17.0 Å². The third kappa shape index (κ3) is 3.47. The summed E-state index contributed by atoms with van der Waals surface area (Å²) in [5.74, 6) is 0.116. The molecule has 9 nitrogen and oxygen atoms in total. The average molecular weight is 434 g/mol. The number of halogens is 1. The number of carbonyl (C=O) groups excluding carboxylic acids is 1. The van der Waals surface area contributed by atoms with E-state index in [0.29, 0.717) is 11.4 Å². The second kappa shape index (κ2) is 7.54. The molecule has 0 bridgehead atoms. The Kier molecular flexibility index (Phi) is 4.57. The molecule has 10 heteroatoms. The molecule has 5 rings (SSSR count). The highest BCUT2D eigenvalue weighted by molar-refractivity contribution is 6.29. The Morgan fingerprint density at radius 2 is 1.65 bits per heavy atom. The number of carbonyl (C=O) groups is 1. The molecule has 0 aliphatic heterocycles. The van der Waals surface area contributed by atoms with Crippen LogP contribution in [0.4, 0.5) is 4.79 Å². The predicted molar refractivity (Wildman–Crippen MR) is 112 cm³/mol. The van der Waals surface area contributed by atoms with Gasteiger partial charge in [0.15, 0.2) is 16.7 Å². The van der Waals surface area contributed by atoms with Gasteiger partial charge in [0.2, 0.25) is 11.8 Å². The third-order valence-corrected chi connectivity index (χ3v) is 4.60. The van der Waals surface area contributed by atoms with Gasteiger partial charge in [-0.15, -0.1) is 0 Å². The van der Waals surface area contributed by atoms with Crippen LogP contribution < -0.4 is 9.47 Å². The number of nitrogens with zero attached hydrogens (tertiary/aromatic N) is 5. The maximum Gasteiger partial charge on any atom is 0.520 e. The normalized spacial score (nSPS) is 11.0. The Morgan fingerprint density at radius 1 is 0.903 bits per heavy atom. The number of fused-ring (bicyclic) bond motifs is 2. The van der Waals surface area contributed by atoms with Gasteiger partial charge in [0.05, 0.1) is 0 Å². The molecule has 0 fully saturated rings. The van der Waals surface area contributed by atoms with Crippen molar-refractivity contribution in [3.05, 3.63) is 72.1 Å². The van der Waals surface area contributed by atoms with E-state index in [0.717, 1.165) is 5.39 Å². The van der Waals surface area contributed by atoms with Crippen LogP contribution in [0.25, 0.3) is 27.9 Å². The summed E-state index contributed by atoms with van der Waals surface area (Å²) in [7, 11) is 0. The molecule has 152 valence electrons. The van der Waals surface area contributed by atoms with Gasteiger partial charge < -0.3 is 14.6 Å². The number of pyridine rings is 2. The minimum Gasteiger partial charge on any atom is -0.493 e. The van der Waals surface area contributed by atoms with Crippen LogP contribution >= 0.6 is 11.6 Å². The van der Waals surface area contributed by atoms with E-state index in [4.69, 9.17) is 21.1 Å². The summed E-state index contributed by atoms with van der Waals surface area (Å²) < 4.78 is 11.8. The molecule has 4 aromatic heterocycles. The molecular weight excluding hydrogens is 422 g/mol. The standard InChI is InChI=1S/C21H12ClN5O4/c22-14-8-6-12-7-9-15(26-18(12)25-14)27-19(28)16-17(24-11-10-23-16)20(27)31-21(29)30-13-4-2-1-3-5-13/h1-11,28H. The lowest BCUT2D eigenvalue weighted by Crippen LogP contribution is -2.16. The van der Waals surface area contributed by atoms with Gasteiger partial charge in [-0.2, -0.15) is 0 Å². The molecule has 5 aromatic rings. The molecule has 0 radical (unpaired) electrons. The molecule has 0 aliphatic carbocycles. The molecule has 0 saturated carbocycles. The third-order valence-electron chi connectivity index (χ3n) is 4.38. The zero-order valence-electron chi connectivity index (χ0n) is 15.6. The van der Waals surface area contributed by atoms with Crippen LogP contribution in [0.2, 0.25) is 5.15 Å². The number of hydrogen-bond acceptors (Lipinski definition) is 8. The highest BCUT2D eigenvalue weighted by Gasteiger charge is 2.25. The smallest absolute Gasteiger partial charge is 0.493 e. The molecule has 0 amide bonds. The first-order valence-electron chi connectivity index (χ1n) is 9.03. The highest BCUT2D eigenvalue weighted by Crippen LogP contribution is 2.37. The van der Waals surface area contributed by atoms with Crippen LogP contribution in [0, 0.1) is 0 Å². The van der Waals surface area contributed by atoms with E-state index in [9.17, 15) is 9.90 Å². The molecule has 0 spiro atoms. The molecule has 0 unspecified atom stereocenters. The van der Waals surface area contributed by atoms with E-state index in [1.54, 1.807) is 54.6 Å². The lowest BCUT2D eigenvalue weighted by Gasteiger charge is -2.10. The Bertz CT molecular complexity index is 1440. The molecule has 0 saturated heterocycles. The fourth-order valence-electron chi connectivity index (χ4n) is 3.05. The van der Waals surface area contributed by atoms with Crippen LogP contribution in [0.3, 0.4) is 0 Å². The van der Waals surface area contributed by atoms with Crippen LogP contribution in [0.15, 0.2) is 67.0 Å². The van der Waals surface area contributed by atoms with Crippen molar-refractivity contribution in [2.24, 2.45) is 0 Å². The predicted octanol–water partition coefficient (Wildman–Crippen LogP) is 4.30. The zero-order chi connectivity index (χ0) is 21.4. The quantitative estimate of drug-likeness (QED) is 0.254. The zero-order valence-corrected chi connectivity index (χ0v) is 16.4. The maximum atomic E-state index is 12.4. The summed E-state index contributed by atoms with van der Waals surface area (Å²) in [4.78, 5) is 29.4. The summed E-state index contributed by atoms with van der Waals surface area (Å²) in [5, 5.41) is 11.8. The summed E-state index contributed by atoms with van der Waals surface area (Å²) >= 11 is 5.98. The first-order valence-corrected chi connectivity index (χ1v) is 9.41. The van der Waals surface area contributed by atoms with Crippen molar-refractivity contribution in [2.45, 2.75) is 0 Å². The number of hydrogen-bond donors (Lipinski definition) is 1.